The van der Waals surface area contributed by atoms with Crippen molar-refractivity contribution in [1.29, 1.82) is 0 Å². The van der Waals surface area contributed by atoms with Crippen LogP contribution < -0.4 is 5.32 Å². The summed E-state index contributed by atoms with van der Waals surface area (Å²) in [5.74, 6) is 0. The average molecular weight is 285 g/mol. The molecular formula is C18H27N3. The first-order valence-electron chi connectivity index (χ1n) is 7.57. The van der Waals surface area contributed by atoms with Crippen LogP contribution in [-0.2, 0) is 6.54 Å². The van der Waals surface area contributed by atoms with Crippen LogP contribution in [0.25, 0.3) is 5.69 Å². The zero-order valence-electron chi connectivity index (χ0n) is 14.3. The van der Waals surface area contributed by atoms with E-state index >= 15 is 0 Å². The Kier molecular flexibility index (Phi) is 4.24. The number of benzene rings is 1. The summed E-state index contributed by atoms with van der Waals surface area (Å²) in [6.45, 7) is 15.9. The Morgan fingerprint density at radius 1 is 1.10 bits per heavy atom. The summed E-state index contributed by atoms with van der Waals surface area (Å²) in [4.78, 5) is 0. The Hall–Kier alpha value is -1.61. The van der Waals surface area contributed by atoms with Gasteiger partial charge < -0.3 is 5.32 Å². The van der Waals surface area contributed by atoms with Crippen LogP contribution in [0, 0.1) is 27.7 Å². The van der Waals surface area contributed by atoms with Crippen LogP contribution in [0.15, 0.2) is 18.2 Å². The Bertz CT molecular complexity index is 645. The van der Waals surface area contributed by atoms with Gasteiger partial charge in [-0.15, -0.1) is 0 Å². The first-order valence-corrected chi connectivity index (χ1v) is 7.57. The normalized spacial score (nSPS) is 12.0. The summed E-state index contributed by atoms with van der Waals surface area (Å²) < 4.78 is 2.06. The highest BCUT2D eigenvalue weighted by Crippen LogP contribution is 2.21. The van der Waals surface area contributed by atoms with Gasteiger partial charge in [-0.1, -0.05) is 12.1 Å². The molecule has 0 atom stereocenters. The number of hydrogen-bond acceptors (Lipinski definition) is 2. The third-order valence-electron chi connectivity index (χ3n) is 3.97. The number of aromatic nitrogens is 2. The Balaban J connectivity index is 2.29. The first-order chi connectivity index (χ1) is 9.69. The predicted molar refractivity (Wildman–Crippen MR) is 89.1 cm³/mol. The van der Waals surface area contributed by atoms with Crippen LogP contribution in [0.3, 0.4) is 0 Å². The van der Waals surface area contributed by atoms with E-state index in [4.69, 9.17) is 0 Å². The molecule has 0 aliphatic carbocycles. The van der Waals surface area contributed by atoms with Crippen LogP contribution in [0.1, 0.15) is 48.8 Å². The molecule has 3 heteroatoms. The zero-order valence-corrected chi connectivity index (χ0v) is 14.3. The SMILES string of the molecule is Cc1cc(CNC(C)(C)C)ccc1-n1nc(C)c(C)c1C. The number of rotatable bonds is 3. The van der Waals surface area contributed by atoms with Crippen molar-refractivity contribution in [3.8, 4) is 5.69 Å². The van der Waals surface area contributed by atoms with Crippen LogP contribution >= 0.6 is 0 Å². The van der Waals surface area contributed by atoms with Crippen molar-refractivity contribution in [2.45, 2.75) is 60.5 Å². The van der Waals surface area contributed by atoms with E-state index in [1.807, 2.05) is 0 Å². The number of nitrogens with zero attached hydrogens (tertiary/aromatic N) is 2. The van der Waals surface area contributed by atoms with Gasteiger partial charge in [0.25, 0.3) is 0 Å². The van der Waals surface area contributed by atoms with E-state index in [1.165, 1.54) is 28.1 Å². The molecule has 0 bridgehead atoms. The van der Waals surface area contributed by atoms with Gasteiger partial charge in [0.05, 0.1) is 11.4 Å². The van der Waals surface area contributed by atoms with E-state index in [1.54, 1.807) is 0 Å². The maximum absolute atomic E-state index is 4.66. The second-order valence-corrected chi connectivity index (χ2v) is 6.93. The molecule has 1 N–H and O–H groups in total. The fourth-order valence-electron chi connectivity index (χ4n) is 2.39. The number of hydrogen-bond donors (Lipinski definition) is 1. The van der Waals surface area contributed by atoms with Crippen molar-refractivity contribution in [1.82, 2.24) is 15.1 Å². The summed E-state index contributed by atoms with van der Waals surface area (Å²) in [6.07, 6.45) is 0. The van der Waals surface area contributed by atoms with E-state index < -0.39 is 0 Å². The van der Waals surface area contributed by atoms with Gasteiger partial charge in [0, 0.05) is 17.8 Å². The van der Waals surface area contributed by atoms with Crippen molar-refractivity contribution in [2.75, 3.05) is 0 Å². The van der Waals surface area contributed by atoms with E-state index in [-0.39, 0.29) is 5.54 Å². The van der Waals surface area contributed by atoms with E-state index in [2.05, 4.69) is 81.8 Å². The van der Waals surface area contributed by atoms with Crippen LogP contribution in [0.4, 0.5) is 0 Å². The van der Waals surface area contributed by atoms with E-state index in [9.17, 15) is 0 Å². The van der Waals surface area contributed by atoms with Gasteiger partial charge in [0.2, 0.25) is 0 Å². The Morgan fingerprint density at radius 3 is 2.24 bits per heavy atom. The monoisotopic (exact) mass is 285 g/mol. The molecule has 1 aromatic heterocycles. The average Bonchev–Trinajstić information content (AvgIpc) is 2.63. The summed E-state index contributed by atoms with van der Waals surface area (Å²) in [7, 11) is 0. The largest absolute Gasteiger partial charge is 0.308 e. The molecule has 0 amide bonds. The van der Waals surface area contributed by atoms with Gasteiger partial charge in [0.15, 0.2) is 0 Å². The minimum atomic E-state index is 0.138. The molecular weight excluding hydrogens is 258 g/mol. The predicted octanol–water partition coefficient (Wildman–Crippen LogP) is 3.99. The second-order valence-electron chi connectivity index (χ2n) is 6.93. The van der Waals surface area contributed by atoms with Gasteiger partial charge in [-0.3, -0.25) is 0 Å². The molecule has 0 unspecified atom stereocenters. The first kappa shape index (κ1) is 15.8. The van der Waals surface area contributed by atoms with E-state index in [0.29, 0.717) is 0 Å². The van der Waals surface area contributed by atoms with Gasteiger partial charge >= 0.3 is 0 Å². The quantitative estimate of drug-likeness (QED) is 0.924. The van der Waals surface area contributed by atoms with Gasteiger partial charge in [-0.25, -0.2) is 4.68 Å². The fourth-order valence-corrected chi connectivity index (χ4v) is 2.39. The minimum absolute atomic E-state index is 0.138. The molecule has 2 aromatic rings. The van der Waals surface area contributed by atoms with Crippen molar-refractivity contribution >= 4 is 0 Å². The molecule has 3 nitrogen and oxygen atoms in total. The topological polar surface area (TPSA) is 29.9 Å². The molecule has 21 heavy (non-hydrogen) atoms. The molecule has 0 saturated carbocycles. The second kappa shape index (κ2) is 5.64. The molecule has 2 rings (SSSR count). The molecule has 0 spiro atoms. The van der Waals surface area contributed by atoms with Gasteiger partial charge in [-0.2, -0.15) is 5.10 Å². The summed E-state index contributed by atoms with van der Waals surface area (Å²) in [5, 5.41) is 8.18. The number of nitrogens with one attached hydrogen (secondary N) is 1. The van der Waals surface area contributed by atoms with Crippen molar-refractivity contribution < 1.29 is 0 Å². The fraction of sp³-hybridized carbons (Fsp3) is 0.500. The van der Waals surface area contributed by atoms with Gasteiger partial charge in [-0.05, 0) is 71.2 Å². The van der Waals surface area contributed by atoms with Crippen LogP contribution in [-0.4, -0.2) is 15.3 Å². The molecule has 0 aliphatic rings. The Labute approximate surface area is 128 Å². The summed E-state index contributed by atoms with van der Waals surface area (Å²) in [6, 6.07) is 6.61. The maximum Gasteiger partial charge on any atom is 0.0678 e. The molecule has 0 saturated heterocycles. The third kappa shape index (κ3) is 3.53. The van der Waals surface area contributed by atoms with Crippen molar-refractivity contribution in [2.24, 2.45) is 0 Å². The lowest BCUT2D eigenvalue weighted by Gasteiger charge is -2.21. The zero-order chi connectivity index (χ0) is 15.8. The summed E-state index contributed by atoms with van der Waals surface area (Å²) in [5.41, 5.74) is 7.47. The summed E-state index contributed by atoms with van der Waals surface area (Å²) >= 11 is 0. The molecule has 0 aliphatic heterocycles. The van der Waals surface area contributed by atoms with Crippen LogP contribution in [0.2, 0.25) is 0 Å². The highest BCUT2D eigenvalue weighted by Gasteiger charge is 2.12. The lowest BCUT2D eigenvalue weighted by molar-refractivity contribution is 0.424. The van der Waals surface area contributed by atoms with Crippen molar-refractivity contribution in [3.05, 3.63) is 46.3 Å². The standard InChI is InChI=1S/C18H27N3/c1-12-10-16(11-19-18(5,6)7)8-9-17(12)21-15(4)13(2)14(3)20-21/h8-10,19H,11H2,1-7H3. The highest BCUT2D eigenvalue weighted by molar-refractivity contribution is 5.44. The minimum Gasteiger partial charge on any atom is -0.308 e. The third-order valence-corrected chi connectivity index (χ3v) is 3.97. The molecule has 114 valence electrons. The highest BCUT2D eigenvalue weighted by atomic mass is 15.3. The van der Waals surface area contributed by atoms with Crippen molar-refractivity contribution in [3.63, 3.8) is 0 Å². The van der Waals surface area contributed by atoms with Crippen LogP contribution in [0.5, 0.6) is 0 Å². The maximum atomic E-state index is 4.66. The molecule has 1 heterocycles. The van der Waals surface area contributed by atoms with E-state index in [0.717, 1.165) is 12.2 Å². The molecule has 0 radical (unpaired) electrons. The lowest BCUT2D eigenvalue weighted by Crippen LogP contribution is -2.35. The number of aryl methyl sites for hydroxylation is 2. The smallest absolute Gasteiger partial charge is 0.0678 e. The Morgan fingerprint density at radius 2 is 1.76 bits per heavy atom. The lowest BCUT2D eigenvalue weighted by atomic mass is 10.1. The van der Waals surface area contributed by atoms with Gasteiger partial charge in [0.1, 0.15) is 0 Å². The molecule has 1 aromatic carbocycles. The molecule has 0 fully saturated rings.